The first kappa shape index (κ1) is 18.2. The lowest BCUT2D eigenvalue weighted by Crippen LogP contribution is -2.16. The summed E-state index contributed by atoms with van der Waals surface area (Å²) in [5.74, 6) is -0.818. The summed E-state index contributed by atoms with van der Waals surface area (Å²) in [6.07, 6.45) is 0.949. The summed E-state index contributed by atoms with van der Waals surface area (Å²) in [5, 5.41) is 9.23. The number of hydrogen-bond donors (Lipinski definition) is 2. The van der Waals surface area contributed by atoms with Crippen LogP contribution in [-0.2, 0) is 16.0 Å². The number of carbonyl (C=O) groups excluding carboxylic acids is 2. The molecular formula is C18H17FN6O2. The smallest absolute Gasteiger partial charge is 0.252 e. The SMILES string of the molecule is C=CC(=O)Nc1cc(NC(=O)Cc2nc3nc(C)cc(C)n3n2)ccc1F. The van der Waals surface area contributed by atoms with Crippen molar-refractivity contribution < 1.29 is 14.0 Å². The van der Waals surface area contributed by atoms with E-state index in [4.69, 9.17) is 0 Å². The van der Waals surface area contributed by atoms with Crippen LogP contribution in [0.25, 0.3) is 5.78 Å². The molecular weight excluding hydrogens is 351 g/mol. The molecule has 0 unspecified atom stereocenters. The van der Waals surface area contributed by atoms with E-state index in [2.05, 4.69) is 32.3 Å². The quantitative estimate of drug-likeness (QED) is 0.672. The minimum atomic E-state index is -0.623. The third-order valence-corrected chi connectivity index (χ3v) is 3.67. The Balaban J connectivity index is 1.74. The van der Waals surface area contributed by atoms with Crippen molar-refractivity contribution in [2.45, 2.75) is 20.3 Å². The highest BCUT2D eigenvalue weighted by Gasteiger charge is 2.13. The fraction of sp³-hybridized carbons (Fsp3) is 0.167. The number of aromatic nitrogens is 4. The van der Waals surface area contributed by atoms with Crippen molar-refractivity contribution >= 4 is 29.0 Å². The van der Waals surface area contributed by atoms with Crippen LogP contribution in [0.4, 0.5) is 15.8 Å². The van der Waals surface area contributed by atoms with Crippen molar-refractivity contribution in [1.29, 1.82) is 0 Å². The topological polar surface area (TPSA) is 101 Å². The average molecular weight is 368 g/mol. The Morgan fingerprint density at radius 2 is 2.00 bits per heavy atom. The van der Waals surface area contributed by atoms with Crippen LogP contribution < -0.4 is 10.6 Å². The van der Waals surface area contributed by atoms with Gasteiger partial charge in [0.2, 0.25) is 11.8 Å². The Morgan fingerprint density at radius 1 is 1.22 bits per heavy atom. The Labute approximate surface area is 154 Å². The minimum Gasteiger partial charge on any atom is -0.326 e. The van der Waals surface area contributed by atoms with Gasteiger partial charge in [0.25, 0.3) is 5.78 Å². The molecule has 0 aliphatic rings. The van der Waals surface area contributed by atoms with Gasteiger partial charge in [0.1, 0.15) is 5.82 Å². The third-order valence-electron chi connectivity index (χ3n) is 3.67. The normalized spacial score (nSPS) is 10.6. The zero-order valence-corrected chi connectivity index (χ0v) is 14.8. The number of nitrogens with one attached hydrogen (secondary N) is 2. The second-order valence-corrected chi connectivity index (χ2v) is 5.89. The average Bonchev–Trinajstić information content (AvgIpc) is 3.00. The highest BCUT2D eigenvalue weighted by molar-refractivity contribution is 6.00. The second-order valence-electron chi connectivity index (χ2n) is 5.89. The summed E-state index contributed by atoms with van der Waals surface area (Å²) in [7, 11) is 0. The highest BCUT2D eigenvalue weighted by atomic mass is 19.1. The van der Waals surface area contributed by atoms with Gasteiger partial charge in [0.05, 0.1) is 12.1 Å². The number of amides is 2. The van der Waals surface area contributed by atoms with E-state index in [0.717, 1.165) is 23.5 Å². The van der Waals surface area contributed by atoms with E-state index >= 15 is 0 Å². The standard InChI is InChI=1S/C18H17FN6O2/c1-4-16(26)22-14-8-12(5-6-13(14)19)21-17(27)9-15-23-18-20-10(2)7-11(3)25(18)24-15/h4-8H,1,9H2,2-3H3,(H,21,27)(H,22,26). The molecule has 3 rings (SSSR count). The van der Waals surface area contributed by atoms with Crippen LogP contribution in [0.2, 0.25) is 0 Å². The summed E-state index contributed by atoms with van der Waals surface area (Å²) in [6.45, 7) is 7.03. The van der Waals surface area contributed by atoms with E-state index in [-0.39, 0.29) is 18.0 Å². The Kier molecular flexibility index (Phi) is 4.93. The zero-order chi connectivity index (χ0) is 19.6. The maximum absolute atomic E-state index is 13.7. The molecule has 27 heavy (non-hydrogen) atoms. The van der Waals surface area contributed by atoms with E-state index in [9.17, 15) is 14.0 Å². The first-order valence-electron chi connectivity index (χ1n) is 8.08. The van der Waals surface area contributed by atoms with Gasteiger partial charge < -0.3 is 10.6 Å². The van der Waals surface area contributed by atoms with Crippen molar-refractivity contribution in [2.24, 2.45) is 0 Å². The van der Waals surface area contributed by atoms with Gasteiger partial charge in [0.15, 0.2) is 5.82 Å². The lowest BCUT2D eigenvalue weighted by atomic mass is 10.2. The molecule has 0 aliphatic carbocycles. The van der Waals surface area contributed by atoms with E-state index in [1.165, 1.54) is 12.1 Å². The maximum Gasteiger partial charge on any atom is 0.252 e. The van der Waals surface area contributed by atoms with Crippen molar-refractivity contribution in [1.82, 2.24) is 19.6 Å². The van der Waals surface area contributed by atoms with Crippen LogP contribution in [0.1, 0.15) is 17.2 Å². The molecule has 9 heteroatoms. The molecule has 0 saturated carbocycles. The summed E-state index contributed by atoms with van der Waals surface area (Å²) in [6, 6.07) is 5.72. The number of nitrogens with zero attached hydrogens (tertiary/aromatic N) is 4. The monoisotopic (exact) mass is 368 g/mol. The summed E-state index contributed by atoms with van der Waals surface area (Å²) < 4.78 is 15.3. The van der Waals surface area contributed by atoms with Gasteiger partial charge in [-0.25, -0.2) is 13.9 Å². The van der Waals surface area contributed by atoms with E-state index < -0.39 is 11.7 Å². The van der Waals surface area contributed by atoms with Crippen LogP contribution in [0, 0.1) is 19.7 Å². The molecule has 0 aliphatic heterocycles. The molecule has 0 fully saturated rings. The summed E-state index contributed by atoms with van der Waals surface area (Å²) in [5.41, 5.74) is 1.94. The molecule has 2 N–H and O–H groups in total. The van der Waals surface area contributed by atoms with E-state index in [0.29, 0.717) is 17.3 Å². The molecule has 0 atom stereocenters. The molecule has 0 radical (unpaired) electrons. The number of carbonyl (C=O) groups is 2. The fourth-order valence-corrected chi connectivity index (χ4v) is 2.51. The predicted octanol–water partition coefficient (Wildman–Crippen LogP) is 2.19. The number of hydrogen-bond acceptors (Lipinski definition) is 5. The Morgan fingerprint density at radius 3 is 2.74 bits per heavy atom. The van der Waals surface area contributed by atoms with Gasteiger partial charge >= 0.3 is 0 Å². The van der Waals surface area contributed by atoms with Gasteiger partial charge in [0, 0.05) is 17.1 Å². The van der Waals surface area contributed by atoms with E-state index in [1.54, 1.807) is 4.52 Å². The molecule has 8 nitrogen and oxygen atoms in total. The maximum atomic E-state index is 13.7. The third kappa shape index (κ3) is 4.14. The lowest BCUT2D eigenvalue weighted by Gasteiger charge is -2.08. The van der Waals surface area contributed by atoms with Crippen LogP contribution in [0.5, 0.6) is 0 Å². The fourth-order valence-electron chi connectivity index (χ4n) is 2.51. The minimum absolute atomic E-state index is 0.0566. The molecule has 2 aromatic heterocycles. The number of fused-ring (bicyclic) bond motifs is 1. The summed E-state index contributed by atoms with van der Waals surface area (Å²) in [4.78, 5) is 32.1. The van der Waals surface area contributed by atoms with Crippen molar-refractivity contribution in [3.05, 3.63) is 59.9 Å². The van der Waals surface area contributed by atoms with Crippen molar-refractivity contribution in [3.8, 4) is 0 Å². The van der Waals surface area contributed by atoms with Crippen LogP contribution in [-0.4, -0.2) is 31.4 Å². The Bertz CT molecular complexity index is 1060. The van der Waals surface area contributed by atoms with Gasteiger partial charge in [-0.1, -0.05) is 6.58 Å². The van der Waals surface area contributed by atoms with Crippen LogP contribution in [0.3, 0.4) is 0 Å². The molecule has 2 amide bonds. The summed E-state index contributed by atoms with van der Waals surface area (Å²) >= 11 is 0. The largest absolute Gasteiger partial charge is 0.326 e. The zero-order valence-electron chi connectivity index (χ0n) is 14.8. The number of benzene rings is 1. The predicted molar refractivity (Wildman–Crippen MR) is 97.8 cm³/mol. The number of rotatable bonds is 5. The first-order chi connectivity index (χ1) is 12.9. The Hall–Kier alpha value is -3.62. The highest BCUT2D eigenvalue weighted by Crippen LogP contribution is 2.20. The number of anilines is 2. The van der Waals surface area contributed by atoms with Gasteiger partial charge in [-0.2, -0.15) is 4.98 Å². The van der Waals surface area contributed by atoms with Crippen LogP contribution >= 0.6 is 0 Å². The molecule has 138 valence electrons. The molecule has 1 aromatic carbocycles. The lowest BCUT2D eigenvalue weighted by molar-refractivity contribution is -0.115. The van der Waals surface area contributed by atoms with Crippen LogP contribution in [0.15, 0.2) is 36.9 Å². The molecule has 0 spiro atoms. The van der Waals surface area contributed by atoms with Gasteiger partial charge in [-0.3, -0.25) is 9.59 Å². The second kappa shape index (κ2) is 7.32. The molecule has 0 saturated heterocycles. The van der Waals surface area contributed by atoms with Gasteiger partial charge in [-0.05, 0) is 44.2 Å². The van der Waals surface area contributed by atoms with E-state index in [1.807, 2.05) is 19.9 Å². The molecule has 0 bridgehead atoms. The number of halogens is 1. The van der Waals surface area contributed by atoms with Crippen molar-refractivity contribution in [3.63, 3.8) is 0 Å². The molecule has 2 heterocycles. The molecule has 3 aromatic rings. The number of aryl methyl sites for hydroxylation is 2. The first-order valence-corrected chi connectivity index (χ1v) is 8.08. The van der Waals surface area contributed by atoms with Crippen molar-refractivity contribution in [2.75, 3.05) is 10.6 Å². The van der Waals surface area contributed by atoms with Gasteiger partial charge in [-0.15, -0.1) is 5.10 Å².